The topological polar surface area (TPSA) is 32.3 Å². The van der Waals surface area contributed by atoms with Crippen molar-refractivity contribution in [3.63, 3.8) is 0 Å². The molecule has 0 saturated carbocycles. The van der Waals surface area contributed by atoms with Crippen LogP contribution in [0.2, 0.25) is 0 Å². The predicted molar refractivity (Wildman–Crippen MR) is 113 cm³/mol. The number of fused-ring (bicyclic) bond motifs is 2. The Bertz CT molecular complexity index is 1000. The van der Waals surface area contributed by atoms with E-state index < -0.39 is 0 Å². The van der Waals surface area contributed by atoms with Crippen LogP contribution in [0.5, 0.6) is 0 Å². The van der Waals surface area contributed by atoms with E-state index in [1.165, 1.54) is 20.5 Å². The highest BCUT2D eigenvalue weighted by Crippen LogP contribution is 2.33. The van der Waals surface area contributed by atoms with Crippen LogP contribution in [-0.4, -0.2) is 36.1 Å². The Morgan fingerprint density at radius 1 is 0.692 bits per heavy atom. The van der Waals surface area contributed by atoms with Gasteiger partial charge >= 0.3 is 0 Å². The Morgan fingerprint density at radius 2 is 1.12 bits per heavy atom. The minimum atomic E-state index is 0.994. The van der Waals surface area contributed by atoms with E-state index in [-0.39, 0.29) is 0 Å². The molecule has 5 rings (SSSR count). The average Bonchev–Trinajstić information content (AvgIpc) is 3.28. The molecular formula is C20H20N4S2. The largest absolute Gasteiger partial charge is 0.345 e. The van der Waals surface area contributed by atoms with Crippen LogP contribution in [0.3, 0.4) is 0 Å². The van der Waals surface area contributed by atoms with Crippen LogP contribution in [0.1, 0.15) is 11.1 Å². The molecule has 3 heterocycles. The highest BCUT2D eigenvalue weighted by molar-refractivity contribution is 7.22. The van der Waals surface area contributed by atoms with Crippen LogP contribution in [-0.2, 0) is 0 Å². The van der Waals surface area contributed by atoms with Crippen LogP contribution >= 0.6 is 22.7 Å². The van der Waals surface area contributed by atoms with Gasteiger partial charge in [-0.2, -0.15) is 0 Å². The van der Waals surface area contributed by atoms with Gasteiger partial charge in [-0.25, -0.2) is 9.97 Å². The molecular weight excluding hydrogens is 360 g/mol. The normalized spacial score (nSPS) is 15.3. The van der Waals surface area contributed by atoms with Gasteiger partial charge < -0.3 is 9.80 Å². The van der Waals surface area contributed by atoms with Crippen LogP contribution in [0, 0.1) is 13.8 Å². The molecule has 4 nitrogen and oxygen atoms in total. The van der Waals surface area contributed by atoms with Gasteiger partial charge in [-0.15, -0.1) is 0 Å². The summed E-state index contributed by atoms with van der Waals surface area (Å²) in [6.45, 7) is 8.25. The number of aromatic nitrogens is 2. The van der Waals surface area contributed by atoms with Gasteiger partial charge in [0.2, 0.25) is 0 Å². The minimum Gasteiger partial charge on any atom is -0.345 e. The van der Waals surface area contributed by atoms with E-state index in [2.05, 4.69) is 60.0 Å². The molecule has 0 N–H and O–H groups in total. The van der Waals surface area contributed by atoms with Crippen LogP contribution in [0.25, 0.3) is 20.4 Å². The molecule has 1 aliphatic rings. The van der Waals surface area contributed by atoms with Crippen molar-refractivity contribution in [1.82, 2.24) is 9.97 Å². The predicted octanol–water partition coefficient (Wildman–Crippen LogP) is 4.85. The summed E-state index contributed by atoms with van der Waals surface area (Å²) in [6, 6.07) is 12.9. The maximum absolute atomic E-state index is 4.89. The molecule has 4 aromatic rings. The fraction of sp³-hybridized carbons (Fsp3) is 0.300. The summed E-state index contributed by atoms with van der Waals surface area (Å²) in [5.74, 6) is 0. The summed E-state index contributed by atoms with van der Waals surface area (Å²) in [5.41, 5.74) is 4.81. The van der Waals surface area contributed by atoms with Crippen molar-refractivity contribution in [2.75, 3.05) is 36.0 Å². The van der Waals surface area contributed by atoms with Crippen LogP contribution in [0.4, 0.5) is 10.3 Å². The quantitative estimate of drug-likeness (QED) is 0.498. The first-order chi connectivity index (χ1) is 12.7. The van der Waals surface area contributed by atoms with Gasteiger partial charge in [0.05, 0.1) is 20.4 Å². The summed E-state index contributed by atoms with van der Waals surface area (Å²) in [4.78, 5) is 14.6. The number of para-hydroxylation sites is 2. The zero-order valence-corrected chi connectivity index (χ0v) is 16.5. The molecule has 26 heavy (non-hydrogen) atoms. The Hall–Kier alpha value is -2.18. The molecule has 0 spiro atoms. The number of hydrogen-bond acceptors (Lipinski definition) is 6. The highest BCUT2D eigenvalue weighted by atomic mass is 32.1. The number of piperazine rings is 1. The molecule has 0 atom stereocenters. The Labute approximate surface area is 160 Å². The van der Waals surface area contributed by atoms with Crippen LogP contribution < -0.4 is 9.80 Å². The third kappa shape index (κ3) is 2.64. The van der Waals surface area contributed by atoms with Crippen molar-refractivity contribution < 1.29 is 0 Å². The zero-order chi connectivity index (χ0) is 17.7. The highest BCUT2D eigenvalue weighted by Gasteiger charge is 2.22. The first kappa shape index (κ1) is 16.0. The number of nitrogens with zero attached hydrogens (tertiary/aromatic N) is 4. The van der Waals surface area contributed by atoms with Gasteiger partial charge in [0.15, 0.2) is 10.3 Å². The van der Waals surface area contributed by atoms with Gasteiger partial charge in [-0.3, -0.25) is 0 Å². The minimum absolute atomic E-state index is 0.994. The summed E-state index contributed by atoms with van der Waals surface area (Å²) in [7, 11) is 0. The standard InChI is InChI=1S/C20H20N4S2/c1-13-5-3-7-15-17(13)21-19(25-15)23-9-11-24(12-10-23)20-22-18-14(2)6-4-8-16(18)26-20/h3-8H,9-12H2,1-2H3. The number of aryl methyl sites for hydroxylation is 2. The molecule has 2 aromatic heterocycles. The van der Waals surface area contributed by atoms with E-state index in [9.17, 15) is 0 Å². The van der Waals surface area contributed by atoms with Crippen molar-refractivity contribution >= 4 is 53.4 Å². The molecule has 0 bridgehead atoms. The van der Waals surface area contributed by atoms with Crippen molar-refractivity contribution in [3.05, 3.63) is 47.5 Å². The first-order valence-corrected chi connectivity index (χ1v) is 10.5. The lowest BCUT2D eigenvalue weighted by Gasteiger charge is -2.34. The van der Waals surface area contributed by atoms with E-state index in [1.54, 1.807) is 22.7 Å². The number of thiazole rings is 2. The lowest BCUT2D eigenvalue weighted by atomic mass is 10.2. The fourth-order valence-corrected chi connectivity index (χ4v) is 5.70. The zero-order valence-electron chi connectivity index (χ0n) is 14.9. The fourth-order valence-electron chi connectivity index (χ4n) is 3.51. The maximum Gasteiger partial charge on any atom is 0.186 e. The molecule has 1 saturated heterocycles. The van der Waals surface area contributed by atoms with Gasteiger partial charge in [-0.05, 0) is 37.1 Å². The van der Waals surface area contributed by atoms with E-state index in [4.69, 9.17) is 9.97 Å². The molecule has 6 heteroatoms. The lowest BCUT2D eigenvalue weighted by Crippen LogP contribution is -2.46. The lowest BCUT2D eigenvalue weighted by molar-refractivity contribution is 0.651. The number of anilines is 2. The summed E-state index contributed by atoms with van der Waals surface area (Å²) >= 11 is 3.61. The van der Waals surface area contributed by atoms with Gasteiger partial charge in [0, 0.05) is 26.2 Å². The summed E-state index contributed by atoms with van der Waals surface area (Å²) in [6.07, 6.45) is 0. The Morgan fingerprint density at radius 3 is 1.50 bits per heavy atom. The van der Waals surface area contributed by atoms with Crippen molar-refractivity contribution in [1.29, 1.82) is 0 Å². The molecule has 132 valence electrons. The molecule has 1 aliphatic heterocycles. The summed E-state index contributed by atoms with van der Waals surface area (Å²) in [5, 5.41) is 2.29. The second-order valence-electron chi connectivity index (χ2n) is 6.81. The van der Waals surface area contributed by atoms with Gasteiger partial charge in [0.1, 0.15) is 0 Å². The van der Waals surface area contributed by atoms with E-state index in [0.29, 0.717) is 0 Å². The van der Waals surface area contributed by atoms with Crippen LogP contribution in [0.15, 0.2) is 36.4 Å². The van der Waals surface area contributed by atoms with E-state index >= 15 is 0 Å². The smallest absolute Gasteiger partial charge is 0.186 e. The van der Waals surface area contributed by atoms with Gasteiger partial charge in [0.25, 0.3) is 0 Å². The Balaban J connectivity index is 1.36. The van der Waals surface area contributed by atoms with Crippen molar-refractivity contribution in [3.8, 4) is 0 Å². The summed E-state index contributed by atoms with van der Waals surface area (Å²) < 4.78 is 2.56. The SMILES string of the molecule is Cc1cccc2sc(N3CCN(c4nc5c(C)cccc5s4)CC3)nc12. The molecule has 0 unspecified atom stereocenters. The maximum atomic E-state index is 4.89. The second-order valence-corrected chi connectivity index (χ2v) is 8.83. The second kappa shape index (κ2) is 6.21. The van der Waals surface area contributed by atoms with Gasteiger partial charge in [-0.1, -0.05) is 46.9 Å². The monoisotopic (exact) mass is 380 g/mol. The van der Waals surface area contributed by atoms with E-state index in [0.717, 1.165) is 47.5 Å². The molecule has 0 radical (unpaired) electrons. The third-order valence-electron chi connectivity index (χ3n) is 5.04. The van der Waals surface area contributed by atoms with E-state index in [1.807, 2.05) is 0 Å². The van der Waals surface area contributed by atoms with Crippen molar-refractivity contribution in [2.45, 2.75) is 13.8 Å². The first-order valence-electron chi connectivity index (χ1n) is 8.91. The van der Waals surface area contributed by atoms with Crippen molar-refractivity contribution in [2.24, 2.45) is 0 Å². The third-order valence-corrected chi connectivity index (χ3v) is 7.20. The number of rotatable bonds is 2. The number of hydrogen-bond donors (Lipinski definition) is 0. The average molecular weight is 381 g/mol. The molecule has 1 fully saturated rings. The molecule has 0 amide bonds. The molecule has 0 aliphatic carbocycles. The molecule has 2 aromatic carbocycles. The number of benzene rings is 2. The Kier molecular flexibility index (Phi) is 3.83.